The highest BCUT2D eigenvalue weighted by Crippen LogP contribution is 2.35. The Hall–Kier alpha value is -2.73. The molecule has 0 N–H and O–H groups in total. The molecule has 4 atom stereocenters. The number of aryl methyl sites for hydroxylation is 1. The van der Waals surface area contributed by atoms with E-state index in [1.165, 1.54) is 68.2 Å². The number of rotatable bonds is 22. The maximum Gasteiger partial charge on any atom is 0.0994 e. The number of nitrogens with zero attached hydrogens (tertiary/aromatic N) is 3. The lowest BCUT2D eigenvalue weighted by Gasteiger charge is -2.33. The van der Waals surface area contributed by atoms with E-state index in [0.717, 1.165) is 54.6 Å². The second kappa shape index (κ2) is 21.1. The van der Waals surface area contributed by atoms with Gasteiger partial charge in [-0.25, -0.2) is 0 Å². The van der Waals surface area contributed by atoms with Gasteiger partial charge in [-0.3, -0.25) is 0 Å². The van der Waals surface area contributed by atoms with Crippen LogP contribution in [0.15, 0.2) is 59.8 Å². The molecule has 1 aromatic carbocycles. The van der Waals surface area contributed by atoms with Crippen LogP contribution >= 0.6 is 0 Å². The van der Waals surface area contributed by atoms with E-state index in [1.807, 2.05) is 0 Å². The first-order chi connectivity index (χ1) is 21.1. The van der Waals surface area contributed by atoms with Gasteiger partial charge in [-0.1, -0.05) is 112 Å². The van der Waals surface area contributed by atoms with Crippen LogP contribution in [0, 0.1) is 36.0 Å². The Labute approximate surface area is 273 Å². The maximum absolute atomic E-state index is 10.1. The molecule has 0 aliphatic carbocycles. The van der Waals surface area contributed by atoms with Gasteiger partial charge >= 0.3 is 0 Å². The third-order valence-electron chi connectivity index (χ3n) is 9.96. The highest BCUT2D eigenvalue weighted by Gasteiger charge is 2.23. The zero-order valence-corrected chi connectivity index (χ0v) is 30.4. The predicted molar refractivity (Wildman–Crippen MR) is 197 cm³/mol. The molecule has 0 aliphatic rings. The minimum absolute atomic E-state index is 0.203. The molecule has 0 radical (unpaired) electrons. The van der Waals surface area contributed by atoms with Crippen molar-refractivity contribution >= 4 is 11.8 Å². The lowest BCUT2D eigenvalue weighted by molar-refractivity contribution is 0.322. The van der Waals surface area contributed by atoms with Gasteiger partial charge in [0, 0.05) is 43.1 Å². The Kier molecular flexibility index (Phi) is 18.8. The molecule has 4 unspecified atom stereocenters. The molecule has 3 heteroatoms. The van der Waals surface area contributed by atoms with Crippen molar-refractivity contribution in [3.8, 4) is 6.07 Å². The molecule has 0 aromatic heterocycles. The SMILES string of the molecule is C=C/C(C#N)=C(\C(=Cc1ccc(N(CC(CC)CCCC)CC(CC)CCCC)cc1C)C(=C)N(C)C(C)CC)C(C)CC. The Bertz CT molecular complexity index is 1100. The quantitative estimate of drug-likeness (QED) is 0.0978. The number of allylic oxidation sites excluding steroid dienone is 3. The summed E-state index contributed by atoms with van der Waals surface area (Å²) >= 11 is 0. The average Bonchev–Trinajstić information content (AvgIpc) is 3.04. The highest BCUT2D eigenvalue weighted by atomic mass is 15.1. The lowest BCUT2D eigenvalue weighted by Crippen LogP contribution is -2.34. The number of anilines is 1. The van der Waals surface area contributed by atoms with E-state index in [9.17, 15) is 5.26 Å². The van der Waals surface area contributed by atoms with E-state index in [2.05, 4.69) is 123 Å². The number of hydrogen-bond acceptors (Lipinski definition) is 3. The van der Waals surface area contributed by atoms with Gasteiger partial charge in [0.1, 0.15) is 0 Å². The van der Waals surface area contributed by atoms with Crippen molar-refractivity contribution in [3.05, 3.63) is 71.0 Å². The molecule has 0 fully saturated rings. The summed E-state index contributed by atoms with van der Waals surface area (Å²) in [6.07, 6.45) is 16.2. The normalized spacial score (nSPS) is 15.1. The summed E-state index contributed by atoms with van der Waals surface area (Å²) in [5, 5.41) is 10.1. The van der Waals surface area contributed by atoms with Crippen LogP contribution in [-0.4, -0.2) is 31.1 Å². The highest BCUT2D eigenvalue weighted by molar-refractivity contribution is 5.70. The first kappa shape index (κ1) is 39.3. The molecule has 0 aliphatic heterocycles. The fourth-order valence-electron chi connectivity index (χ4n) is 6.06. The van der Waals surface area contributed by atoms with E-state index in [-0.39, 0.29) is 5.92 Å². The van der Waals surface area contributed by atoms with Gasteiger partial charge in [0.05, 0.1) is 11.6 Å². The summed E-state index contributed by atoms with van der Waals surface area (Å²) in [6.45, 7) is 31.2. The summed E-state index contributed by atoms with van der Waals surface area (Å²) in [7, 11) is 2.12. The Balaban J connectivity index is 3.77. The Morgan fingerprint density at radius 1 is 0.909 bits per heavy atom. The second-order valence-electron chi connectivity index (χ2n) is 13.1. The molecule has 1 aromatic rings. The molecule has 44 heavy (non-hydrogen) atoms. The van der Waals surface area contributed by atoms with Crippen molar-refractivity contribution in [2.75, 3.05) is 25.0 Å². The molecule has 0 spiro atoms. The van der Waals surface area contributed by atoms with Crippen molar-refractivity contribution < 1.29 is 0 Å². The summed E-state index contributed by atoms with van der Waals surface area (Å²) < 4.78 is 0. The van der Waals surface area contributed by atoms with Gasteiger partial charge in [0.25, 0.3) is 0 Å². The second-order valence-corrected chi connectivity index (χ2v) is 13.1. The average molecular weight is 602 g/mol. The summed E-state index contributed by atoms with van der Waals surface area (Å²) in [5.74, 6) is 1.64. The van der Waals surface area contributed by atoms with Gasteiger partial charge in [0.15, 0.2) is 0 Å². The Morgan fingerprint density at radius 3 is 1.89 bits per heavy atom. The van der Waals surface area contributed by atoms with Crippen molar-refractivity contribution in [1.29, 1.82) is 5.26 Å². The molecule has 1 rings (SSSR count). The van der Waals surface area contributed by atoms with Gasteiger partial charge in [-0.05, 0) is 92.2 Å². The molecule has 0 amide bonds. The van der Waals surface area contributed by atoms with Crippen molar-refractivity contribution in [2.24, 2.45) is 17.8 Å². The van der Waals surface area contributed by atoms with Crippen molar-refractivity contribution in [1.82, 2.24) is 4.90 Å². The molecule has 3 nitrogen and oxygen atoms in total. The zero-order valence-electron chi connectivity index (χ0n) is 30.4. The van der Waals surface area contributed by atoms with Crippen molar-refractivity contribution in [3.63, 3.8) is 0 Å². The van der Waals surface area contributed by atoms with E-state index in [1.54, 1.807) is 6.08 Å². The first-order valence-electron chi connectivity index (χ1n) is 17.8. The summed E-state index contributed by atoms with van der Waals surface area (Å²) in [4.78, 5) is 4.96. The van der Waals surface area contributed by atoms with Crippen molar-refractivity contribution in [2.45, 2.75) is 133 Å². The number of hydrogen-bond donors (Lipinski definition) is 0. The summed E-state index contributed by atoms with van der Waals surface area (Å²) in [6, 6.07) is 9.81. The monoisotopic (exact) mass is 602 g/mol. The van der Waals surface area contributed by atoms with Crippen LogP contribution in [0.3, 0.4) is 0 Å². The minimum Gasteiger partial charge on any atom is -0.372 e. The maximum atomic E-state index is 10.1. The summed E-state index contributed by atoms with van der Waals surface area (Å²) in [5.41, 5.74) is 7.45. The van der Waals surface area contributed by atoms with E-state index in [4.69, 9.17) is 0 Å². The molecule has 0 heterocycles. The molecular weight excluding hydrogens is 534 g/mol. The van der Waals surface area contributed by atoms with Crippen LogP contribution in [0.4, 0.5) is 5.69 Å². The number of benzene rings is 1. The molecule has 246 valence electrons. The van der Waals surface area contributed by atoms with Crippen LogP contribution < -0.4 is 4.90 Å². The standard InChI is InChI=1S/C41H67N3/c1-13-20-22-35(17-5)29-44(30-36(18-6)23-21-14-2)39-25-24-38(32(9)26-39)27-40(34(11)43(12)33(10)16-4)41(31(8)15-3)37(19-7)28-42/h19,24-27,31,33,35-36H,7,11,13-18,20-23,29-30H2,1-6,8-10,12H3/b40-27?,41-37+. The van der Waals surface area contributed by atoms with E-state index >= 15 is 0 Å². The number of likely N-dealkylation sites (N-methyl/N-ethyl adjacent to an activating group) is 1. The molecular formula is C41H67N3. The van der Waals surface area contributed by atoms with E-state index < -0.39 is 0 Å². The number of nitriles is 1. The largest absolute Gasteiger partial charge is 0.372 e. The molecule has 0 saturated heterocycles. The third kappa shape index (κ3) is 11.6. The number of unbranched alkanes of at least 4 members (excludes halogenated alkanes) is 2. The lowest BCUT2D eigenvalue weighted by atomic mass is 9.84. The van der Waals surface area contributed by atoms with Crippen LogP contribution in [0.1, 0.15) is 131 Å². The van der Waals surface area contributed by atoms with Gasteiger partial charge < -0.3 is 9.80 Å². The van der Waals surface area contributed by atoms with Crippen LogP contribution in [0.2, 0.25) is 0 Å². The minimum atomic E-state index is 0.203. The van der Waals surface area contributed by atoms with Gasteiger partial charge in [-0.15, -0.1) is 0 Å². The Morgan fingerprint density at radius 2 is 1.48 bits per heavy atom. The topological polar surface area (TPSA) is 30.3 Å². The fraction of sp³-hybridized carbons (Fsp3) is 0.634. The fourth-order valence-corrected chi connectivity index (χ4v) is 6.06. The predicted octanol–water partition coefficient (Wildman–Crippen LogP) is 11.9. The molecule has 0 bridgehead atoms. The smallest absolute Gasteiger partial charge is 0.0994 e. The molecule has 0 saturated carbocycles. The zero-order chi connectivity index (χ0) is 33.2. The van der Waals surface area contributed by atoms with E-state index in [0.29, 0.717) is 11.6 Å². The van der Waals surface area contributed by atoms with Crippen LogP contribution in [-0.2, 0) is 0 Å². The van der Waals surface area contributed by atoms with Gasteiger partial charge in [0.2, 0.25) is 0 Å². The van der Waals surface area contributed by atoms with Gasteiger partial charge in [-0.2, -0.15) is 5.26 Å². The van der Waals surface area contributed by atoms with Crippen LogP contribution in [0.5, 0.6) is 0 Å². The third-order valence-corrected chi connectivity index (χ3v) is 9.96. The first-order valence-corrected chi connectivity index (χ1v) is 17.8. The van der Waals surface area contributed by atoms with Crippen LogP contribution in [0.25, 0.3) is 6.08 Å².